The Labute approximate surface area is 144 Å². The molecule has 0 saturated heterocycles. The molecule has 0 unspecified atom stereocenters. The second-order valence-electron chi connectivity index (χ2n) is 5.27. The van der Waals surface area contributed by atoms with Crippen molar-refractivity contribution in [1.29, 1.82) is 5.41 Å². The molecule has 7 nitrogen and oxygen atoms in total. The molecule has 24 heavy (non-hydrogen) atoms. The highest BCUT2D eigenvalue weighted by molar-refractivity contribution is 6.32. The largest absolute Gasteiger partial charge is 0.310 e. The van der Waals surface area contributed by atoms with Gasteiger partial charge in [-0.15, -0.1) is 0 Å². The number of amides is 1. The summed E-state index contributed by atoms with van der Waals surface area (Å²) in [6, 6.07) is 3.58. The molecule has 0 atom stereocenters. The van der Waals surface area contributed by atoms with Crippen LogP contribution in [0.5, 0.6) is 0 Å². The smallest absolute Gasteiger partial charge is 0.234 e. The second kappa shape index (κ2) is 7.83. The van der Waals surface area contributed by atoms with E-state index >= 15 is 0 Å². The number of nitrogens with one attached hydrogen (secondary N) is 1. The average molecular weight is 348 g/mol. The fourth-order valence-corrected chi connectivity index (χ4v) is 2.48. The number of carbonyl (C=O) groups is 2. The summed E-state index contributed by atoms with van der Waals surface area (Å²) in [5.41, 5.74) is 1.38. The summed E-state index contributed by atoms with van der Waals surface area (Å²) in [7, 11) is 0. The lowest BCUT2D eigenvalue weighted by molar-refractivity contribution is -0.126. The predicted octanol–water partition coefficient (Wildman–Crippen LogP) is 2.66. The Bertz CT molecular complexity index is 757. The number of halogens is 1. The molecule has 8 heteroatoms. The molecule has 1 N–H and O–H groups in total. The van der Waals surface area contributed by atoms with Crippen LogP contribution in [-0.2, 0) is 9.59 Å². The van der Waals surface area contributed by atoms with Crippen LogP contribution in [0.3, 0.4) is 0 Å². The number of hydrogen-bond donors (Lipinski definition) is 1. The maximum atomic E-state index is 12.4. The summed E-state index contributed by atoms with van der Waals surface area (Å²) in [5.74, 6) is -0.655. The molecule has 0 saturated carbocycles. The molecule has 2 heterocycles. The molecule has 0 radical (unpaired) electrons. The van der Waals surface area contributed by atoms with E-state index < -0.39 is 0 Å². The summed E-state index contributed by atoms with van der Waals surface area (Å²) in [6.07, 6.45) is 4.62. The summed E-state index contributed by atoms with van der Waals surface area (Å²) < 4.78 is 1.53. The van der Waals surface area contributed by atoms with Crippen LogP contribution in [0.25, 0.3) is 5.69 Å². The van der Waals surface area contributed by atoms with Crippen LogP contribution < -0.4 is 4.90 Å². The van der Waals surface area contributed by atoms with E-state index in [1.54, 1.807) is 31.6 Å². The zero-order valence-electron chi connectivity index (χ0n) is 13.5. The molecule has 2 aromatic heterocycles. The molecule has 0 fully saturated rings. The maximum Gasteiger partial charge on any atom is 0.234 e. The van der Waals surface area contributed by atoms with Crippen molar-refractivity contribution in [2.75, 3.05) is 11.4 Å². The first kappa shape index (κ1) is 17.8. The fourth-order valence-electron chi connectivity index (χ4n) is 2.25. The summed E-state index contributed by atoms with van der Waals surface area (Å²) >= 11 is 6.17. The number of nitrogens with zero attached hydrogens (tertiary/aromatic N) is 4. The molecule has 0 bridgehead atoms. The monoisotopic (exact) mass is 347 g/mol. The SMILES string of the molecule is CCN(C(=O)CC(=O)CC(C)=N)c1cn(-c2cccnc2)nc1Cl. The van der Waals surface area contributed by atoms with Crippen LogP contribution >= 0.6 is 11.6 Å². The Balaban J connectivity index is 2.21. The van der Waals surface area contributed by atoms with Gasteiger partial charge in [0.1, 0.15) is 11.5 Å². The Morgan fingerprint density at radius 2 is 2.12 bits per heavy atom. The highest BCUT2D eigenvalue weighted by atomic mass is 35.5. The Kier molecular flexibility index (Phi) is 5.81. The highest BCUT2D eigenvalue weighted by Crippen LogP contribution is 2.26. The van der Waals surface area contributed by atoms with Crippen LogP contribution in [0, 0.1) is 5.41 Å². The van der Waals surface area contributed by atoms with Gasteiger partial charge in [0.05, 0.1) is 24.5 Å². The number of aromatic nitrogens is 3. The third kappa shape index (κ3) is 4.26. The minimum Gasteiger partial charge on any atom is -0.310 e. The van der Waals surface area contributed by atoms with Gasteiger partial charge in [-0.3, -0.25) is 14.6 Å². The zero-order chi connectivity index (χ0) is 17.7. The van der Waals surface area contributed by atoms with Gasteiger partial charge in [0.2, 0.25) is 5.91 Å². The van der Waals surface area contributed by atoms with Crippen molar-refractivity contribution >= 4 is 34.7 Å². The van der Waals surface area contributed by atoms with E-state index in [0.29, 0.717) is 17.9 Å². The van der Waals surface area contributed by atoms with E-state index in [9.17, 15) is 9.59 Å². The Hall–Kier alpha value is -2.54. The normalized spacial score (nSPS) is 10.5. The first-order chi connectivity index (χ1) is 11.4. The molecule has 0 aliphatic heterocycles. The molecular weight excluding hydrogens is 330 g/mol. The maximum absolute atomic E-state index is 12.4. The van der Waals surface area contributed by atoms with E-state index in [-0.39, 0.29) is 35.4 Å². The van der Waals surface area contributed by atoms with Gasteiger partial charge in [-0.05, 0) is 26.0 Å². The van der Waals surface area contributed by atoms with E-state index in [1.807, 2.05) is 6.07 Å². The first-order valence-electron chi connectivity index (χ1n) is 7.44. The second-order valence-corrected chi connectivity index (χ2v) is 5.63. The molecule has 0 aromatic carbocycles. The topological polar surface area (TPSA) is 91.9 Å². The van der Waals surface area contributed by atoms with Crippen LogP contribution in [0.2, 0.25) is 5.15 Å². The third-order valence-electron chi connectivity index (χ3n) is 3.28. The molecule has 1 amide bonds. The van der Waals surface area contributed by atoms with Gasteiger partial charge < -0.3 is 10.3 Å². The van der Waals surface area contributed by atoms with E-state index in [0.717, 1.165) is 0 Å². The first-order valence-corrected chi connectivity index (χ1v) is 7.81. The summed E-state index contributed by atoms with van der Waals surface area (Å²) in [4.78, 5) is 29.6. The fraction of sp³-hybridized carbons (Fsp3) is 0.312. The molecule has 2 aromatic rings. The number of Topliss-reactive ketones (excluding diaryl/α,β-unsaturated/α-hetero) is 1. The van der Waals surface area contributed by atoms with Crippen molar-refractivity contribution < 1.29 is 9.59 Å². The Morgan fingerprint density at radius 3 is 2.71 bits per heavy atom. The quantitative estimate of drug-likeness (QED) is 0.615. The van der Waals surface area contributed by atoms with Crippen molar-refractivity contribution in [3.63, 3.8) is 0 Å². The number of carbonyl (C=O) groups excluding carboxylic acids is 2. The highest BCUT2D eigenvalue weighted by Gasteiger charge is 2.22. The number of ketones is 1. The van der Waals surface area contributed by atoms with Gasteiger partial charge in [0, 0.05) is 24.9 Å². The predicted molar refractivity (Wildman–Crippen MR) is 92.0 cm³/mol. The van der Waals surface area contributed by atoms with Gasteiger partial charge in [-0.2, -0.15) is 5.10 Å². The van der Waals surface area contributed by atoms with Gasteiger partial charge in [0.15, 0.2) is 5.15 Å². The molecule has 0 spiro atoms. The summed E-state index contributed by atoms with van der Waals surface area (Å²) in [6.45, 7) is 3.69. The molecule has 0 aliphatic carbocycles. The van der Waals surface area contributed by atoms with Crippen molar-refractivity contribution in [3.8, 4) is 5.69 Å². The molecular formula is C16H18ClN5O2. The van der Waals surface area contributed by atoms with Crippen molar-refractivity contribution in [1.82, 2.24) is 14.8 Å². The number of pyridine rings is 1. The molecule has 126 valence electrons. The number of hydrogen-bond acceptors (Lipinski definition) is 5. The lowest BCUT2D eigenvalue weighted by Gasteiger charge is -2.19. The zero-order valence-corrected chi connectivity index (χ0v) is 14.2. The van der Waals surface area contributed by atoms with Crippen molar-refractivity contribution in [2.24, 2.45) is 0 Å². The standard InChI is InChI=1S/C16H18ClN5O2/c1-3-21(15(24)8-13(23)7-11(2)18)14-10-22(20-16(14)17)12-5-4-6-19-9-12/h4-6,9-10,18H,3,7-8H2,1-2H3. The van der Waals surface area contributed by atoms with Crippen molar-refractivity contribution in [3.05, 3.63) is 35.9 Å². The minimum atomic E-state index is -0.364. The van der Waals surface area contributed by atoms with Gasteiger partial charge in [0.25, 0.3) is 0 Å². The molecule has 2 rings (SSSR count). The number of anilines is 1. The lowest BCUT2D eigenvalue weighted by atomic mass is 10.1. The van der Waals surface area contributed by atoms with E-state index in [4.69, 9.17) is 17.0 Å². The number of rotatable bonds is 7. The summed E-state index contributed by atoms with van der Waals surface area (Å²) in [5, 5.41) is 11.7. The van der Waals surface area contributed by atoms with Crippen LogP contribution in [0.15, 0.2) is 30.7 Å². The van der Waals surface area contributed by atoms with E-state index in [1.165, 1.54) is 16.5 Å². The average Bonchev–Trinajstić information content (AvgIpc) is 2.90. The van der Waals surface area contributed by atoms with Gasteiger partial charge >= 0.3 is 0 Å². The third-order valence-corrected chi connectivity index (χ3v) is 3.55. The van der Waals surface area contributed by atoms with E-state index in [2.05, 4.69) is 10.1 Å². The Morgan fingerprint density at radius 1 is 1.38 bits per heavy atom. The van der Waals surface area contributed by atoms with Crippen LogP contribution in [0.4, 0.5) is 5.69 Å². The van der Waals surface area contributed by atoms with Gasteiger partial charge in [-0.25, -0.2) is 4.68 Å². The van der Waals surface area contributed by atoms with Crippen molar-refractivity contribution in [2.45, 2.75) is 26.7 Å². The van der Waals surface area contributed by atoms with Crippen LogP contribution in [0.1, 0.15) is 26.7 Å². The lowest BCUT2D eigenvalue weighted by Crippen LogP contribution is -2.32. The van der Waals surface area contributed by atoms with Gasteiger partial charge in [-0.1, -0.05) is 11.6 Å². The van der Waals surface area contributed by atoms with Crippen LogP contribution in [-0.4, -0.2) is 38.7 Å². The molecule has 0 aliphatic rings. The minimum absolute atomic E-state index is 0.0219.